The Morgan fingerprint density at radius 2 is 1.84 bits per heavy atom. The second-order valence-corrected chi connectivity index (χ2v) is 4.90. The van der Waals surface area contributed by atoms with Crippen LogP contribution in [-0.4, -0.2) is 24.2 Å². The number of piperidine rings is 1. The largest absolute Gasteiger partial charge is 0.398 e. The zero-order valence-electron chi connectivity index (χ0n) is 10.4. The molecule has 1 aliphatic heterocycles. The highest BCUT2D eigenvalue weighted by Gasteiger charge is 2.41. The van der Waals surface area contributed by atoms with Crippen molar-refractivity contribution in [3.8, 4) is 0 Å². The Balaban J connectivity index is 1.96. The SMILES string of the molecule is Nc1cccc(F)c1CN1CCC(C(F)(F)F)CC1. The van der Waals surface area contributed by atoms with Gasteiger partial charge in [0.05, 0.1) is 5.92 Å². The van der Waals surface area contributed by atoms with E-state index in [-0.39, 0.29) is 19.4 Å². The van der Waals surface area contributed by atoms with Crippen LogP contribution in [0.25, 0.3) is 0 Å². The van der Waals surface area contributed by atoms with E-state index in [0.29, 0.717) is 24.3 Å². The molecule has 0 bridgehead atoms. The molecular formula is C13H16F4N2. The molecule has 1 aliphatic rings. The first-order valence-corrected chi connectivity index (χ1v) is 6.20. The molecule has 1 saturated heterocycles. The summed E-state index contributed by atoms with van der Waals surface area (Å²) in [6.45, 7) is 0.902. The summed E-state index contributed by atoms with van der Waals surface area (Å²) in [6, 6.07) is 4.43. The number of likely N-dealkylation sites (tertiary alicyclic amines) is 1. The molecule has 1 aromatic carbocycles. The number of rotatable bonds is 2. The first-order valence-electron chi connectivity index (χ1n) is 6.20. The Morgan fingerprint density at radius 3 is 2.37 bits per heavy atom. The molecule has 2 nitrogen and oxygen atoms in total. The molecule has 0 radical (unpaired) electrons. The normalized spacial score (nSPS) is 18.7. The second kappa shape index (κ2) is 5.36. The summed E-state index contributed by atoms with van der Waals surface area (Å²) < 4.78 is 51.2. The average molecular weight is 276 g/mol. The lowest BCUT2D eigenvalue weighted by atomic mass is 9.96. The molecule has 2 rings (SSSR count). The van der Waals surface area contributed by atoms with Crippen LogP contribution in [0.5, 0.6) is 0 Å². The van der Waals surface area contributed by atoms with Gasteiger partial charge in [-0.15, -0.1) is 0 Å². The van der Waals surface area contributed by atoms with Crippen molar-refractivity contribution in [3.05, 3.63) is 29.6 Å². The summed E-state index contributed by atoms with van der Waals surface area (Å²) in [6.07, 6.45) is -3.99. The first-order chi connectivity index (χ1) is 8.88. The van der Waals surface area contributed by atoms with Gasteiger partial charge in [0.25, 0.3) is 0 Å². The number of nitrogens with zero attached hydrogens (tertiary/aromatic N) is 1. The molecule has 1 heterocycles. The van der Waals surface area contributed by atoms with Gasteiger partial charge in [-0.3, -0.25) is 4.90 Å². The Hall–Kier alpha value is -1.30. The average Bonchev–Trinajstić information content (AvgIpc) is 2.33. The molecule has 6 heteroatoms. The molecule has 1 fully saturated rings. The number of nitrogen functional groups attached to an aromatic ring is 1. The van der Waals surface area contributed by atoms with E-state index in [1.807, 2.05) is 4.90 Å². The van der Waals surface area contributed by atoms with Crippen LogP contribution in [0.1, 0.15) is 18.4 Å². The summed E-state index contributed by atoms with van der Waals surface area (Å²) in [5, 5.41) is 0. The zero-order valence-corrected chi connectivity index (χ0v) is 10.4. The highest BCUT2D eigenvalue weighted by molar-refractivity contribution is 5.47. The van der Waals surface area contributed by atoms with Gasteiger partial charge in [0.1, 0.15) is 5.82 Å². The maximum Gasteiger partial charge on any atom is 0.391 e. The molecule has 0 unspecified atom stereocenters. The molecular weight excluding hydrogens is 260 g/mol. The number of nitrogens with two attached hydrogens (primary N) is 1. The predicted octanol–water partition coefficient (Wildman–Crippen LogP) is 3.18. The lowest BCUT2D eigenvalue weighted by molar-refractivity contribution is -0.185. The molecule has 0 atom stereocenters. The minimum absolute atomic E-state index is 0.0673. The summed E-state index contributed by atoms with van der Waals surface area (Å²) in [4.78, 5) is 1.82. The molecule has 0 saturated carbocycles. The Labute approximate surface area is 109 Å². The minimum Gasteiger partial charge on any atom is -0.398 e. The molecule has 19 heavy (non-hydrogen) atoms. The monoisotopic (exact) mass is 276 g/mol. The van der Waals surface area contributed by atoms with Gasteiger partial charge in [-0.05, 0) is 38.1 Å². The van der Waals surface area contributed by atoms with Crippen molar-refractivity contribution in [3.63, 3.8) is 0 Å². The van der Waals surface area contributed by atoms with Crippen LogP contribution in [-0.2, 0) is 6.54 Å². The highest BCUT2D eigenvalue weighted by atomic mass is 19.4. The van der Waals surface area contributed by atoms with Crippen molar-refractivity contribution >= 4 is 5.69 Å². The number of benzene rings is 1. The van der Waals surface area contributed by atoms with Gasteiger partial charge in [-0.1, -0.05) is 6.07 Å². The van der Waals surface area contributed by atoms with Crippen LogP contribution in [0.2, 0.25) is 0 Å². The third-order valence-corrected chi connectivity index (χ3v) is 3.59. The van der Waals surface area contributed by atoms with E-state index in [9.17, 15) is 17.6 Å². The quantitative estimate of drug-likeness (QED) is 0.664. The fourth-order valence-electron chi connectivity index (χ4n) is 2.38. The summed E-state index contributed by atoms with van der Waals surface area (Å²) in [5.74, 6) is -1.64. The number of halogens is 4. The Morgan fingerprint density at radius 1 is 1.21 bits per heavy atom. The van der Waals surface area contributed by atoms with Crippen LogP contribution >= 0.6 is 0 Å². The van der Waals surface area contributed by atoms with Gasteiger partial charge in [-0.2, -0.15) is 13.2 Å². The van der Waals surface area contributed by atoms with E-state index in [2.05, 4.69) is 0 Å². The maximum absolute atomic E-state index is 13.6. The Kier molecular flexibility index (Phi) is 3.99. The van der Waals surface area contributed by atoms with Crippen LogP contribution < -0.4 is 5.73 Å². The van der Waals surface area contributed by atoms with E-state index in [0.717, 1.165) is 0 Å². The van der Waals surface area contributed by atoms with Crippen LogP contribution in [0.3, 0.4) is 0 Å². The van der Waals surface area contributed by atoms with Crippen LogP contribution in [0.15, 0.2) is 18.2 Å². The molecule has 0 spiro atoms. The second-order valence-electron chi connectivity index (χ2n) is 4.90. The fraction of sp³-hybridized carbons (Fsp3) is 0.538. The van der Waals surface area contributed by atoms with E-state index in [4.69, 9.17) is 5.73 Å². The summed E-state index contributed by atoms with van der Waals surface area (Å²) >= 11 is 0. The van der Waals surface area contributed by atoms with Crippen molar-refractivity contribution in [2.24, 2.45) is 5.92 Å². The van der Waals surface area contributed by atoms with Gasteiger partial charge in [-0.25, -0.2) is 4.39 Å². The molecule has 0 aromatic heterocycles. The molecule has 0 amide bonds. The van der Waals surface area contributed by atoms with E-state index in [1.165, 1.54) is 12.1 Å². The van der Waals surface area contributed by atoms with Crippen molar-refractivity contribution in [1.82, 2.24) is 4.90 Å². The van der Waals surface area contributed by atoms with Crippen LogP contribution in [0.4, 0.5) is 23.2 Å². The third kappa shape index (κ3) is 3.37. The van der Waals surface area contributed by atoms with Gasteiger partial charge in [0.15, 0.2) is 0 Å². The zero-order chi connectivity index (χ0) is 14.0. The number of alkyl halides is 3. The van der Waals surface area contributed by atoms with Gasteiger partial charge >= 0.3 is 6.18 Å². The first kappa shape index (κ1) is 14.1. The predicted molar refractivity (Wildman–Crippen MR) is 64.9 cm³/mol. The summed E-state index contributed by atoms with van der Waals surface area (Å²) in [5.41, 5.74) is 6.40. The van der Waals surface area contributed by atoms with Gasteiger partial charge < -0.3 is 5.73 Å². The van der Waals surface area contributed by atoms with E-state index < -0.39 is 17.9 Å². The van der Waals surface area contributed by atoms with Crippen molar-refractivity contribution in [2.45, 2.75) is 25.6 Å². The fourth-order valence-corrected chi connectivity index (χ4v) is 2.38. The van der Waals surface area contributed by atoms with Gasteiger partial charge in [0, 0.05) is 17.8 Å². The minimum atomic E-state index is -4.12. The number of hydrogen-bond acceptors (Lipinski definition) is 2. The molecule has 2 N–H and O–H groups in total. The molecule has 106 valence electrons. The molecule has 1 aromatic rings. The van der Waals surface area contributed by atoms with Crippen LogP contribution in [0, 0.1) is 11.7 Å². The highest BCUT2D eigenvalue weighted by Crippen LogP contribution is 2.34. The third-order valence-electron chi connectivity index (χ3n) is 3.59. The van der Waals surface area contributed by atoms with Crippen molar-refractivity contribution in [1.29, 1.82) is 0 Å². The van der Waals surface area contributed by atoms with E-state index >= 15 is 0 Å². The summed E-state index contributed by atoms with van der Waals surface area (Å²) in [7, 11) is 0. The molecule has 0 aliphatic carbocycles. The Bertz CT molecular complexity index is 417. The lowest BCUT2D eigenvalue weighted by Crippen LogP contribution is -2.38. The van der Waals surface area contributed by atoms with Gasteiger partial charge in [0.2, 0.25) is 0 Å². The number of anilines is 1. The standard InChI is InChI=1S/C13H16F4N2/c14-11-2-1-3-12(18)10(11)8-19-6-4-9(5-7-19)13(15,16)17/h1-3,9H,4-8,18H2. The van der Waals surface area contributed by atoms with Crippen molar-refractivity contribution < 1.29 is 17.6 Å². The smallest absolute Gasteiger partial charge is 0.391 e. The lowest BCUT2D eigenvalue weighted by Gasteiger charge is -2.33. The maximum atomic E-state index is 13.6. The topological polar surface area (TPSA) is 29.3 Å². The van der Waals surface area contributed by atoms with Crippen molar-refractivity contribution in [2.75, 3.05) is 18.8 Å². The number of hydrogen-bond donors (Lipinski definition) is 1. The van der Waals surface area contributed by atoms with E-state index in [1.54, 1.807) is 6.07 Å².